The molecule has 5 nitrogen and oxygen atoms in total. The Kier molecular flexibility index (Phi) is 5.91. The first-order chi connectivity index (χ1) is 12.8. The maximum Gasteiger partial charge on any atom is 0.323 e. The number of carboxylic acids is 1. The fourth-order valence-corrected chi connectivity index (χ4v) is 4.62. The number of anilines is 1. The lowest BCUT2D eigenvalue weighted by Crippen LogP contribution is -2.38. The number of nitrogens with zero attached hydrogens (tertiary/aromatic N) is 2. The summed E-state index contributed by atoms with van der Waals surface area (Å²) in [4.78, 5) is 27.2. The molecule has 0 unspecified atom stereocenters. The van der Waals surface area contributed by atoms with Crippen LogP contribution in [0.2, 0.25) is 0 Å². The minimum absolute atomic E-state index is 0.289. The van der Waals surface area contributed by atoms with E-state index < -0.39 is 12.5 Å². The van der Waals surface area contributed by atoms with E-state index in [9.17, 15) is 9.59 Å². The van der Waals surface area contributed by atoms with Gasteiger partial charge in [-0.15, -0.1) is 0 Å². The summed E-state index contributed by atoms with van der Waals surface area (Å²) in [6, 6.07) is 8.15. The zero-order valence-corrected chi connectivity index (χ0v) is 17.2. The van der Waals surface area contributed by atoms with Gasteiger partial charge in [0.05, 0.1) is 4.91 Å². The van der Waals surface area contributed by atoms with Crippen molar-refractivity contribution in [1.29, 1.82) is 0 Å². The van der Waals surface area contributed by atoms with Crippen molar-refractivity contribution in [2.45, 2.75) is 33.1 Å². The van der Waals surface area contributed by atoms with Crippen molar-refractivity contribution >= 4 is 51.9 Å². The van der Waals surface area contributed by atoms with E-state index >= 15 is 0 Å². The third-order valence-electron chi connectivity index (χ3n) is 5.55. The smallest absolute Gasteiger partial charge is 0.323 e. The first-order valence-electron chi connectivity index (χ1n) is 9.13. The molecule has 0 atom stereocenters. The van der Waals surface area contributed by atoms with Crippen molar-refractivity contribution in [2.75, 3.05) is 24.5 Å². The van der Waals surface area contributed by atoms with E-state index in [0.29, 0.717) is 10.3 Å². The SMILES string of the molecule is CCC1(C)CCN(c2ccc(/C=C3\SC(=S)N(CC(=O)O)C3=O)cc2)CC1. The number of carbonyl (C=O) groups excluding carboxylic acids is 1. The highest BCUT2D eigenvalue weighted by Gasteiger charge is 2.33. The standard InChI is InChI=1S/C20H24N2O3S2/c1-3-20(2)8-10-21(11-9-20)15-6-4-14(5-7-15)12-16-18(25)22(13-17(23)24)19(26)27-16/h4-7,12H,3,8-11,13H2,1-2H3,(H,23,24)/b16-12-. The van der Waals surface area contributed by atoms with Gasteiger partial charge in [0, 0.05) is 18.8 Å². The van der Waals surface area contributed by atoms with Crippen molar-refractivity contribution < 1.29 is 14.7 Å². The third kappa shape index (κ3) is 4.52. The molecule has 0 spiro atoms. The first-order valence-corrected chi connectivity index (χ1v) is 10.4. The molecular weight excluding hydrogens is 380 g/mol. The number of benzene rings is 1. The fourth-order valence-electron chi connectivity index (χ4n) is 3.36. The van der Waals surface area contributed by atoms with Gasteiger partial charge < -0.3 is 10.0 Å². The predicted molar refractivity (Wildman–Crippen MR) is 114 cm³/mol. The van der Waals surface area contributed by atoms with Crippen LogP contribution in [0.4, 0.5) is 5.69 Å². The summed E-state index contributed by atoms with van der Waals surface area (Å²) in [6.07, 6.45) is 5.41. The third-order valence-corrected chi connectivity index (χ3v) is 6.92. The molecule has 0 aromatic heterocycles. The molecule has 1 aromatic rings. The van der Waals surface area contributed by atoms with Crippen molar-refractivity contribution in [1.82, 2.24) is 4.90 Å². The second-order valence-corrected chi connectivity index (χ2v) is 9.08. The molecule has 1 aromatic carbocycles. The van der Waals surface area contributed by atoms with Crippen LogP contribution in [0.1, 0.15) is 38.7 Å². The Labute approximate surface area is 169 Å². The number of hydrogen-bond acceptors (Lipinski definition) is 5. The molecule has 2 aliphatic rings. The molecule has 1 amide bonds. The maximum absolute atomic E-state index is 12.3. The van der Waals surface area contributed by atoms with Gasteiger partial charge in [-0.05, 0) is 42.0 Å². The summed E-state index contributed by atoms with van der Waals surface area (Å²) in [5.74, 6) is -1.41. The predicted octanol–water partition coefficient (Wildman–Crippen LogP) is 3.99. The molecule has 0 saturated carbocycles. The molecule has 2 fully saturated rings. The van der Waals surface area contributed by atoms with E-state index in [0.717, 1.165) is 35.3 Å². The average Bonchev–Trinajstić information content (AvgIpc) is 2.90. The Bertz CT molecular complexity index is 781. The highest BCUT2D eigenvalue weighted by molar-refractivity contribution is 8.26. The topological polar surface area (TPSA) is 60.9 Å². The van der Waals surface area contributed by atoms with E-state index in [-0.39, 0.29) is 10.2 Å². The van der Waals surface area contributed by atoms with Gasteiger partial charge in [0.15, 0.2) is 0 Å². The van der Waals surface area contributed by atoms with Crippen molar-refractivity contribution in [3.05, 3.63) is 34.7 Å². The summed E-state index contributed by atoms with van der Waals surface area (Å²) < 4.78 is 0.289. The van der Waals surface area contributed by atoms with Crippen molar-refractivity contribution in [3.63, 3.8) is 0 Å². The van der Waals surface area contributed by atoms with Gasteiger partial charge in [-0.1, -0.05) is 56.4 Å². The highest BCUT2D eigenvalue weighted by Crippen LogP contribution is 2.36. The van der Waals surface area contributed by atoms with Gasteiger partial charge >= 0.3 is 5.97 Å². The Hall–Kier alpha value is -1.86. The van der Waals surface area contributed by atoms with Crippen LogP contribution in [0.25, 0.3) is 6.08 Å². The number of thioether (sulfide) groups is 1. The normalized spacial score (nSPS) is 21.2. The molecule has 1 N–H and O–H groups in total. The number of hydrogen-bond donors (Lipinski definition) is 1. The van der Waals surface area contributed by atoms with Gasteiger partial charge in [0.1, 0.15) is 10.9 Å². The fraction of sp³-hybridized carbons (Fsp3) is 0.450. The van der Waals surface area contributed by atoms with Crippen molar-refractivity contribution in [2.24, 2.45) is 5.41 Å². The molecule has 2 aliphatic heterocycles. The summed E-state index contributed by atoms with van der Waals surface area (Å²) in [5, 5.41) is 8.90. The van der Waals surface area contributed by atoms with E-state index in [1.807, 2.05) is 12.1 Å². The first kappa shape index (κ1) is 19.9. The summed E-state index contributed by atoms with van der Waals surface area (Å²) in [7, 11) is 0. The van der Waals surface area contributed by atoms with Crippen molar-refractivity contribution in [3.8, 4) is 0 Å². The Morgan fingerprint density at radius 1 is 1.30 bits per heavy atom. The molecular formula is C20H24N2O3S2. The van der Waals surface area contributed by atoms with Gasteiger partial charge in [-0.2, -0.15) is 0 Å². The number of carbonyl (C=O) groups is 2. The summed E-state index contributed by atoms with van der Waals surface area (Å²) in [5.41, 5.74) is 2.56. The molecule has 0 bridgehead atoms. The zero-order valence-electron chi connectivity index (χ0n) is 15.6. The summed E-state index contributed by atoms with van der Waals surface area (Å²) in [6.45, 7) is 6.37. The second-order valence-electron chi connectivity index (χ2n) is 7.40. The van der Waals surface area contributed by atoms with Crippen LogP contribution in [0.5, 0.6) is 0 Å². The number of thiocarbonyl (C=S) groups is 1. The Morgan fingerprint density at radius 3 is 2.48 bits per heavy atom. The maximum atomic E-state index is 12.3. The van der Waals surface area contributed by atoms with E-state index in [1.54, 1.807) is 6.08 Å². The zero-order chi connectivity index (χ0) is 19.6. The number of carboxylic acid groups (broad SMARTS) is 1. The minimum Gasteiger partial charge on any atom is -0.480 e. The van der Waals surface area contributed by atoms with Crippen LogP contribution in [0.3, 0.4) is 0 Å². The van der Waals surface area contributed by atoms with E-state index in [4.69, 9.17) is 17.3 Å². The lowest BCUT2D eigenvalue weighted by atomic mass is 9.78. The number of rotatable bonds is 5. The van der Waals surface area contributed by atoms with Gasteiger partial charge in [0.2, 0.25) is 0 Å². The molecule has 0 radical (unpaired) electrons. The van der Waals surface area contributed by atoms with Gasteiger partial charge in [-0.3, -0.25) is 14.5 Å². The molecule has 2 saturated heterocycles. The van der Waals surface area contributed by atoms with Crippen LogP contribution in [-0.2, 0) is 9.59 Å². The highest BCUT2D eigenvalue weighted by atomic mass is 32.2. The van der Waals surface area contributed by atoms with E-state index in [2.05, 4.69) is 30.9 Å². The van der Waals surface area contributed by atoms with Crippen LogP contribution in [-0.4, -0.2) is 45.8 Å². The van der Waals surface area contributed by atoms with Gasteiger partial charge in [0.25, 0.3) is 5.91 Å². The molecule has 7 heteroatoms. The van der Waals surface area contributed by atoms with Crippen LogP contribution in [0, 0.1) is 5.41 Å². The number of amides is 1. The quantitative estimate of drug-likeness (QED) is 0.591. The summed E-state index contributed by atoms with van der Waals surface area (Å²) >= 11 is 6.27. The lowest BCUT2D eigenvalue weighted by molar-refractivity contribution is -0.140. The van der Waals surface area contributed by atoms with Crippen LogP contribution < -0.4 is 4.90 Å². The monoisotopic (exact) mass is 404 g/mol. The Morgan fingerprint density at radius 2 is 1.93 bits per heavy atom. The Balaban J connectivity index is 1.68. The molecule has 3 rings (SSSR count). The minimum atomic E-state index is -1.07. The molecule has 144 valence electrons. The average molecular weight is 405 g/mol. The van der Waals surface area contributed by atoms with Gasteiger partial charge in [-0.25, -0.2) is 0 Å². The number of piperidine rings is 1. The van der Waals surface area contributed by atoms with Crippen LogP contribution in [0.15, 0.2) is 29.2 Å². The molecule has 27 heavy (non-hydrogen) atoms. The van der Waals surface area contributed by atoms with Crippen LogP contribution >= 0.6 is 24.0 Å². The van der Waals surface area contributed by atoms with E-state index in [1.165, 1.54) is 24.9 Å². The number of aliphatic carboxylic acids is 1. The molecule has 2 heterocycles. The molecule has 0 aliphatic carbocycles. The largest absolute Gasteiger partial charge is 0.480 e. The lowest BCUT2D eigenvalue weighted by Gasteiger charge is -2.40. The second kappa shape index (κ2) is 8.02.